The molecule has 4 nitrogen and oxygen atoms in total. The Morgan fingerprint density at radius 1 is 1.65 bits per heavy atom. The zero-order chi connectivity index (χ0) is 12.3. The van der Waals surface area contributed by atoms with Crippen molar-refractivity contribution < 1.29 is 9.53 Å². The van der Waals surface area contributed by atoms with Crippen LogP contribution in [0.5, 0.6) is 5.75 Å². The van der Waals surface area contributed by atoms with E-state index in [2.05, 4.69) is 17.6 Å². The highest BCUT2D eigenvalue weighted by Gasteiger charge is 2.23. The molecule has 0 aliphatic carbocycles. The van der Waals surface area contributed by atoms with E-state index in [1.807, 2.05) is 5.38 Å². The van der Waals surface area contributed by atoms with E-state index in [1.165, 1.54) is 11.3 Å². The van der Waals surface area contributed by atoms with Gasteiger partial charge in [0.15, 0.2) is 0 Å². The number of thiophene rings is 1. The predicted octanol–water partition coefficient (Wildman–Crippen LogP) is 1.63. The molecular weight excluding hydrogens is 236 g/mol. The molecule has 2 atom stereocenters. The molecule has 1 saturated heterocycles. The standard InChI is InChI=1S/C12H18N2O2S/c1-8-10(4-3-5-13-8)14-12(15)11-6-9(16-2)7-17-11/h6-8,10,13H,3-5H2,1-2H3,(H,14,15). The van der Waals surface area contributed by atoms with Gasteiger partial charge < -0.3 is 15.4 Å². The molecular formula is C12H18N2O2S. The summed E-state index contributed by atoms with van der Waals surface area (Å²) in [5.41, 5.74) is 0. The zero-order valence-corrected chi connectivity index (χ0v) is 11.0. The van der Waals surface area contributed by atoms with E-state index < -0.39 is 0 Å². The smallest absolute Gasteiger partial charge is 0.261 e. The number of hydrogen-bond acceptors (Lipinski definition) is 4. The van der Waals surface area contributed by atoms with Gasteiger partial charge in [0, 0.05) is 23.5 Å². The Bertz CT molecular complexity index is 392. The van der Waals surface area contributed by atoms with Crippen LogP contribution in [0.25, 0.3) is 0 Å². The average Bonchev–Trinajstić information content (AvgIpc) is 2.81. The van der Waals surface area contributed by atoms with Crippen molar-refractivity contribution in [3.05, 3.63) is 16.3 Å². The maximum atomic E-state index is 12.0. The number of ether oxygens (including phenoxy) is 1. The third kappa shape index (κ3) is 2.98. The molecule has 0 bridgehead atoms. The molecule has 0 radical (unpaired) electrons. The molecule has 0 aromatic carbocycles. The molecule has 2 N–H and O–H groups in total. The van der Waals surface area contributed by atoms with E-state index in [1.54, 1.807) is 13.2 Å². The van der Waals surface area contributed by atoms with Crippen molar-refractivity contribution in [1.82, 2.24) is 10.6 Å². The minimum Gasteiger partial charge on any atom is -0.496 e. The first-order chi connectivity index (χ1) is 8.20. The van der Waals surface area contributed by atoms with Gasteiger partial charge in [-0.3, -0.25) is 4.79 Å². The van der Waals surface area contributed by atoms with Crippen LogP contribution in [0.4, 0.5) is 0 Å². The fourth-order valence-electron chi connectivity index (χ4n) is 2.03. The molecule has 1 aromatic heterocycles. The molecule has 2 rings (SSSR count). The van der Waals surface area contributed by atoms with E-state index in [0.29, 0.717) is 10.9 Å². The Kier molecular flexibility index (Phi) is 4.02. The number of amides is 1. The van der Waals surface area contributed by atoms with Crippen molar-refractivity contribution in [3.63, 3.8) is 0 Å². The normalized spacial score (nSPS) is 24.4. The lowest BCUT2D eigenvalue weighted by Crippen LogP contribution is -2.51. The molecule has 5 heteroatoms. The Labute approximate surface area is 105 Å². The highest BCUT2D eigenvalue weighted by atomic mass is 32.1. The minimum absolute atomic E-state index is 0.00106. The molecule has 17 heavy (non-hydrogen) atoms. The number of rotatable bonds is 3. The van der Waals surface area contributed by atoms with Crippen LogP contribution in [-0.2, 0) is 0 Å². The Balaban J connectivity index is 1.96. The van der Waals surface area contributed by atoms with Crippen LogP contribution in [0.1, 0.15) is 29.4 Å². The number of piperidine rings is 1. The van der Waals surface area contributed by atoms with Gasteiger partial charge in [-0.15, -0.1) is 11.3 Å². The van der Waals surface area contributed by atoms with Gasteiger partial charge in [-0.1, -0.05) is 0 Å². The summed E-state index contributed by atoms with van der Waals surface area (Å²) < 4.78 is 5.07. The fourth-order valence-corrected chi connectivity index (χ4v) is 2.78. The topological polar surface area (TPSA) is 50.4 Å². The summed E-state index contributed by atoms with van der Waals surface area (Å²) in [5.74, 6) is 0.744. The van der Waals surface area contributed by atoms with Gasteiger partial charge in [0.05, 0.1) is 12.0 Å². The minimum atomic E-state index is -0.00106. The third-order valence-electron chi connectivity index (χ3n) is 3.11. The van der Waals surface area contributed by atoms with Crippen molar-refractivity contribution in [2.45, 2.75) is 31.8 Å². The molecule has 1 aromatic rings. The first kappa shape index (κ1) is 12.4. The lowest BCUT2D eigenvalue weighted by Gasteiger charge is -2.30. The SMILES string of the molecule is COc1csc(C(=O)NC2CCCNC2C)c1. The third-order valence-corrected chi connectivity index (χ3v) is 4.02. The first-order valence-electron chi connectivity index (χ1n) is 5.87. The van der Waals surface area contributed by atoms with E-state index in [0.717, 1.165) is 25.1 Å². The quantitative estimate of drug-likeness (QED) is 0.862. The lowest BCUT2D eigenvalue weighted by atomic mass is 10.00. The van der Waals surface area contributed by atoms with Crippen LogP contribution in [0.15, 0.2) is 11.4 Å². The highest BCUT2D eigenvalue weighted by Crippen LogP contribution is 2.21. The Morgan fingerprint density at radius 2 is 2.47 bits per heavy atom. The number of methoxy groups -OCH3 is 1. The van der Waals surface area contributed by atoms with Crippen molar-refractivity contribution in [3.8, 4) is 5.75 Å². The van der Waals surface area contributed by atoms with Crippen LogP contribution < -0.4 is 15.4 Å². The van der Waals surface area contributed by atoms with Gasteiger partial charge in [0.1, 0.15) is 5.75 Å². The second-order valence-corrected chi connectivity index (χ2v) is 5.23. The fraction of sp³-hybridized carbons (Fsp3) is 0.583. The van der Waals surface area contributed by atoms with Crippen LogP contribution in [0.3, 0.4) is 0 Å². The van der Waals surface area contributed by atoms with E-state index in [4.69, 9.17) is 4.74 Å². The monoisotopic (exact) mass is 254 g/mol. The van der Waals surface area contributed by atoms with Crippen LogP contribution in [0.2, 0.25) is 0 Å². The summed E-state index contributed by atoms with van der Waals surface area (Å²) in [7, 11) is 1.61. The molecule has 1 amide bonds. The number of carbonyl (C=O) groups is 1. The number of carbonyl (C=O) groups excluding carboxylic acids is 1. The van der Waals surface area contributed by atoms with Crippen molar-refractivity contribution in [2.75, 3.05) is 13.7 Å². The summed E-state index contributed by atoms with van der Waals surface area (Å²) in [6, 6.07) is 2.35. The van der Waals surface area contributed by atoms with Crippen LogP contribution in [-0.4, -0.2) is 31.6 Å². The van der Waals surface area contributed by atoms with Gasteiger partial charge in [-0.2, -0.15) is 0 Å². The maximum Gasteiger partial charge on any atom is 0.261 e. The van der Waals surface area contributed by atoms with Crippen LogP contribution in [0, 0.1) is 0 Å². The maximum absolute atomic E-state index is 12.0. The second kappa shape index (κ2) is 5.51. The molecule has 94 valence electrons. The number of hydrogen-bond donors (Lipinski definition) is 2. The van der Waals surface area contributed by atoms with Crippen molar-refractivity contribution in [1.29, 1.82) is 0 Å². The van der Waals surface area contributed by atoms with Gasteiger partial charge in [-0.05, 0) is 26.3 Å². The van der Waals surface area contributed by atoms with Gasteiger partial charge >= 0.3 is 0 Å². The number of nitrogens with one attached hydrogen (secondary N) is 2. The van der Waals surface area contributed by atoms with Gasteiger partial charge in [0.2, 0.25) is 0 Å². The Morgan fingerprint density at radius 3 is 3.12 bits per heavy atom. The largest absolute Gasteiger partial charge is 0.496 e. The van der Waals surface area contributed by atoms with Crippen molar-refractivity contribution >= 4 is 17.2 Å². The second-order valence-electron chi connectivity index (χ2n) is 4.32. The molecule has 0 saturated carbocycles. The Hall–Kier alpha value is -1.07. The average molecular weight is 254 g/mol. The summed E-state index contributed by atoms with van der Waals surface area (Å²) >= 11 is 1.41. The molecule has 1 fully saturated rings. The van der Waals surface area contributed by atoms with Crippen molar-refractivity contribution in [2.24, 2.45) is 0 Å². The zero-order valence-electron chi connectivity index (χ0n) is 10.2. The molecule has 1 aliphatic heterocycles. The van der Waals surface area contributed by atoms with Crippen LogP contribution >= 0.6 is 11.3 Å². The van der Waals surface area contributed by atoms with Gasteiger partial charge in [-0.25, -0.2) is 0 Å². The lowest BCUT2D eigenvalue weighted by molar-refractivity contribution is 0.0924. The van der Waals surface area contributed by atoms with Gasteiger partial charge in [0.25, 0.3) is 5.91 Å². The van der Waals surface area contributed by atoms with E-state index >= 15 is 0 Å². The van der Waals surface area contributed by atoms with E-state index in [9.17, 15) is 4.79 Å². The summed E-state index contributed by atoms with van der Waals surface area (Å²) in [6.07, 6.45) is 2.16. The molecule has 2 heterocycles. The predicted molar refractivity (Wildman–Crippen MR) is 68.8 cm³/mol. The first-order valence-corrected chi connectivity index (χ1v) is 6.75. The summed E-state index contributed by atoms with van der Waals surface area (Å²) in [6.45, 7) is 3.15. The highest BCUT2D eigenvalue weighted by molar-refractivity contribution is 7.12. The molecule has 0 spiro atoms. The van der Waals surface area contributed by atoms with E-state index in [-0.39, 0.29) is 11.9 Å². The molecule has 1 aliphatic rings. The summed E-state index contributed by atoms with van der Waals surface area (Å²) in [4.78, 5) is 12.7. The summed E-state index contributed by atoms with van der Waals surface area (Å²) in [5, 5.41) is 8.29. The molecule has 2 unspecified atom stereocenters.